The Balaban J connectivity index is 1.67. The number of carbonyl (C=O) groups is 1. The molecule has 3 aromatic rings. The average Bonchev–Trinajstić information content (AvgIpc) is 3.33. The van der Waals surface area contributed by atoms with Gasteiger partial charge in [0.2, 0.25) is 5.91 Å². The highest BCUT2D eigenvalue weighted by molar-refractivity contribution is 5.78. The second-order valence-corrected chi connectivity index (χ2v) is 8.19. The minimum absolute atomic E-state index is 0.0739. The summed E-state index contributed by atoms with van der Waals surface area (Å²) in [6, 6.07) is 3.96. The molecule has 0 aromatic carbocycles. The van der Waals surface area contributed by atoms with Gasteiger partial charge in [0.15, 0.2) is 0 Å². The second-order valence-electron chi connectivity index (χ2n) is 8.19. The van der Waals surface area contributed by atoms with Gasteiger partial charge in [-0.3, -0.25) is 9.48 Å². The Morgan fingerprint density at radius 3 is 2.74 bits per heavy atom. The number of amides is 1. The quantitative estimate of drug-likeness (QED) is 0.770. The van der Waals surface area contributed by atoms with Gasteiger partial charge in [-0.05, 0) is 39.8 Å². The van der Waals surface area contributed by atoms with Crippen molar-refractivity contribution in [2.24, 2.45) is 5.92 Å². The molecule has 0 aliphatic carbocycles. The van der Waals surface area contributed by atoms with Crippen molar-refractivity contribution in [1.82, 2.24) is 24.7 Å². The van der Waals surface area contributed by atoms with Crippen LogP contribution >= 0.6 is 0 Å². The molecular formula is C20H25N5O2. The van der Waals surface area contributed by atoms with Gasteiger partial charge in [0.25, 0.3) is 0 Å². The molecule has 0 unspecified atom stereocenters. The number of hydrogen-bond donors (Lipinski definition) is 1. The van der Waals surface area contributed by atoms with E-state index in [1.807, 2.05) is 46.8 Å². The normalized spacial score (nSPS) is 18.7. The Morgan fingerprint density at radius 2 is 2.07 bits per heavy atom. The minimum Gasteiger partial charge on any atom is -0.488 e. The fourth-order valence-corrected chi connectivity index (χ4v) is 3.34. The average molecular weight is 367 g/mol. The first kappa shape index (κ1) is 17.6. The lowest BCUT2D eigenvalue weighted by atomic mass is 10.0. The summed E-state index contributed by atoms with van der Waals surface area (Å²) in [6.07, 6.45) is 8.08. The molecule has 3 aromatic heterocycles. The third-order valence-electron chi connectivity index (χ3n) is 5.06. The molecule has 142 valence electrons. The first-order valence-corrected chi connectivity index (χ1v) is 9.27. The fraction of sp³-hybridized carbons (Fsp3) is 0.450. The molecule has 4 heterocycles. The van der Waals surface area contributed by atoms with E-state index < -0.39 is 0 Å². The van der Waals surface area contributed by atoms with Gasteiger partial charge < -0.3 is 10.1 Å². The maximum absolute atomic E-state index is 11.5. The SMILES string of the molecule is C[C@@H](Oc1cc(-c2cnn(C(C)(C)C)c2)cn2nccc12)[C@H]1CNC(=O)C1. The molecule has 27 heavy (non-hydrogen) atoms. The molecule has 1 N–H and O–H groups in total. The molecule has 1 fully saturated rings. The van der Waals surface area contributed by atoms with Gasteiger partial charge in [0, 0.05) is 42.4 Å². The molecule has 7 heteroatoms. The fourth-order valence-electron chi connectivity index (χ4n) is 3.34. The van der Waals surface area contributed by atoms with E-state index in [-0.39, 0.29) is 23.5 Å². The molecule has 2 atom stereocenters. The minimum atomic E-state index is -0.0795. The molecule has 1 amide bonds. The van der Waals surface area contributed by atoms with E-state index in [2.05, 4.69) is 36.3 Å². The van der Waals surface area contributed by atoms with Gasteiger partial charge >= 0.3 is 0 Å². The molecule has 0 saturated carbocycles. The maximum atomic E-state index is 11.5. The van der Waals surface area contributed by atoms with Crippen molar-refractivity contribution in [3.63, 3.8) is 0 Å². The van der Waals surface area contributed by atoms with E-state index in [0.29, 0.717) is 13.0 Å². The summed E-state index contributed by atoms with van der Waals surface area (Å²) in [7, 11) is 0. The van der Waals surface area contributed by atoms with Crippen LogP contribution in [0.15, 0.2) is 36.9 Å². The Bertz CT molecular complexity index is 982. The molecule has 0 bridgehead atoms. The summed E-state index contributed by atoms with van der Waals surface area (Å²) in [4.78, 5) is 11.5. The van der Waals surface area contributed by atoms with Crippen molar-refractivity contribution < 1.29 is 9.53 Å². The van der Waals surface area contributed by atoms with Crippen molar-refractivity contribution in [2.45, 2.75) is 45.8 Å². The number of pyridine rings is 1. The van der Waals surface area contributed by atoms with Crippen molar-refractivity contribution in [3.8, 4) is 16.9 Å². The van der Waals surface area contributed by atoms with Crippen molar-refractivity contribution in [2.75, 3.05) is 6.54 Å². The van der Waals surface area contributed by atoms with E-state index in [0.717, 1.165) is 22.4 Å². The van der Waals surface area contributed by atoms with Crippen LogP contribution in [0.1, 0.15) is 34.1 Å². The predicted octanol–water partition coefficient (Wildman–Crippen LogP) is 2.86. The molecular weight excluding hydrogens is 342 g/mol. The lowest BCUT2D eigenvalue weighted by Gasteiger charge is -2.20. The van der Waals surface area contributed by atoms with E-state index in [9.17, 15) is 4.79 Å². The first-order chi connectivity index (χ1) is 12.8. The summed E-state index contributed by atoms with van der Waals surface area (Å²) in [5.74, 6) is 1.03. The van der Waals surface area contributed by atoms with Gasteiger partial charge in [-0.2, -0.15) is 10.2 Å². The molecule has 1 aliphatic rings. The van der Waals surface area contributed by atoms with Crippen molar-refractivity contribution in [3.05, 3.63) is 36.9 Å². The number of nitrogens with zero attached hydrogens (tertiary/aromatic N) is 4. The van der Waals surface area contributed by atoms with E-state index in [1.54, 1.807) is 6.20 Å². The zero-order valence-electron chi connectivity index (χ0n) is 16.1. The molecule has 7 nitrogen and oxygen atoms in total. The smallest absolute Gasteiger partial charge is 0.220 e. The topological polar surface area (TPSA) is 73.5 Å². The highest BCUT2D eigenvalue weighted by Crippen LogP contribution is 2.30. The van der Waals surface area contributed by atoms with Gasteiger partial charge in [0.05, 0.1) is 17.9 Å². The number of nitrogens with one attached hydrogen (secondary N) is 1. The van der Waals surface area contributed by atoms with Crippen LogP contribution in [0.4, 0.5) is 0 Å². The van der Waals surface area contributed by atoms with Crippen LogP contribution in [0.25, 0.3) is 16.6 Å². The van der Waals surface area contributed by atoms with Gasteiger partial charge in [0.1, 0.15) is 17.4 Å². The molecule has 4 rings (SSSR count). The number of fused-ring (bicyclic) bond motifs is 1. The van der Waals surface area contributed by atoms with E-state index in [1.165, 1.54) is 0 Å². The van der Waals surface area contributed by atoms with Crippen LogP contribution in [0.2, 0.25) is 0 Å². The summed E-state index contributed by atoms with van der Waals surface area (Å²) < 4.78 is 10.1. The molecule has 0 radical (unpaired) electrons. The van der Waals surface area contributed by atoms with Crippen LogP contribution in [0.5, 0.6) is 5.75 Å². The Hall–Kier alpha value is -2.83. The largest absolute Gasteiger partial charge is 0.488 e. The van der Waals surface area contributed by atoms with Gasteiger partial charge in [-0.25, -0.2) is 4.52 Å². The standard InChI is InChI=1S/C20H25N5O2/c1-13(14-8-19(26)21-9-14)27-18-7-15(11-24-17(18)5-6-22-24)16-10-23-25(12-16)20(2,3)4/h5-7,10-14H,8-9H2,1-4H3,(H,21,26)/t13-,14-/m1/s1. The van der Waals surface area contributed by atoms with Crippen LogP contribution in [0, 0.1) is 5.92 Å². The van der Waals surface area contributed by atoms with E-state index >= 15 is 0 Å². The number of rotatable bonds is 4. The monoisotopic (exact) mass is 367 g/mol. The summed E-state index contributed by atoms with van der Waals surface area (Å²) in [5.41, 5.74) is 2.83. The lowest BCUT2D eigenvalue weighted by molar-refractivity contribution is -0.119. The van der Waals surface area contributed by atoms with Crippen LogP contribution in [-0.4, -0.2) is 38.0 Å². The zero-order valence-corrected chi connectivity index (χ0v) is 16.1. The van der Waals surface area contributed by atoms with E-state index in [4.69, 9.17) is 4.74 Å². The third kappa shape index (κ3) is 3.41. The van der Waals surface area contributed by atoms with Gasteiger partial charge in [-0.15, -0.1) is 0 Å². The summed E-state index contributed by atoms with van der Waals surface area (Å²) in [6.45, 7) is 9.03. The van der Waals surface area contributed by atoms with Gasteiger partial charge in [-0.1, -0.05) is 0 Å². The molecule has 1 saturated heterocycles. The maximum Gasteiger partial charge on any atom is 0.220 e. The summed E-state index contributed by atoms with van der Waals surface area (Å²) >= 11 is 0. The Labute approximate surface area is 158 Å². The van der Waals surface area contributed by atoms with Crippen LogP contribution in [-0.2, 0) is 10.3 Å². The lowest BCUT2D eigenvalue weighted by Crippen LogP contribution is -2.25. The second kappa shape index (κ2) is 6.40. The zero-order chi connectivity index (χ0) is 19.2. The number of aromatic nitrogens is 4. The molecule has 0 spiro atoms. The Kier molecular flexibility index (Phi) is 4.17. The summed E-state index contributed by atoms with van der Waals surface area (Å²) in [5, 5.41) is 11.7. The Morgan fingerprint density at radius 1 is 1.26 bits per heavy atom. The van der Waals surface area contributed by atoms with Crippen LogP contribution in [0.3, 0.4) is 0 Å². The highest BCUT2D eigenvalue weighted by atomic mass is 16.5. The highest BCUT2D eigenvalue weighted by Gasteiger charge is 2.28. The van der Waals surface area contributed by atoms with Crippen LogP contribution < -0.4 is 10.1 Å². The predicted molar refractivity (Wildman–Crippen MR) is 103 cm³/mol. The first-order valence-electron chi connectivity index (χ1n) is 9.27. The van der Waals surface area contributed by atoms with Crippen molar-refractivity contribution >= 4 is 11.4 Å². The number of hydrogen-bond acceptors (Lipinski definition) is 4. The number of carbonyl (C=O) groups excluding carboxylic acids is 1. The third-order valence-corrected chi connectivity index (χ3v) is 5.06. The van der Waals surface area contributed by atoms with Crippen molar-refractivity contribution in [1.29, 1.82) is 0 Å². The number of ether oxygens (including phenoxy) is 1. The molecule has 1 aliphatic heterocycles.